The van der Waals surface area contributed by atoms with Gasteiger partial charge in [-0.2, -0.15) is 0 Å². The highest BCUT2D eigenvalue weighted by Crippen LogP contribution is 2.48. The molecule has 5 fully saturated rings. The second kappa shape index (κ2) is 18.8. The Bertz CT molecular complexity index is 1680. The fraction of sp³-hybridized carbons (Fsp3) is 0.804. The van der Waals surface area contributed by atoms with Crippen molar-refractivity contribution in [3.63, 3.8) is 0 Å². The van der Waals surface area contributed by atoms with E-state index >= 15 is 0 Å². The van der Waals surface area contributed by atoms with E-state index < -0.39 is 103 Å². The van der Waals surface area contributed by atoms with E-state index in [1.165, 1.54) is 0 Å². The standard InChI is InChI=1S/C46H70O15/c1-22(2)39-25(5)15-16-45(61-39)20-31-18-30(60-45)14-13-24(4)40(23(3)11-10-12-29-21-54-42-35(47)26(6)17-32(43(51)57-31)46(29,42)52)58-34-19-33(53-9)41(28(8)55-34)59-44-38(50)37(49)36(48)27(7)56-44/h10-13,17,22-23,25,27-28,30-42,44,47-50,52H,14-16,18-21H2,1-9H3/b11-10+,24-13+,29-12+/t23-,25-,27+,28-,30+,31-,32-,33-,34-,35+,36+,37-,38+,39+,40-,41-,42+,44-,45+,46+/m0/s1. The number of ether oxygens (including phenoxy) is 9. The molecule has 0 radical (unpaired) electrons. The van der Waals surface area contributed by atoms with E-state index in [1.54, 1.807) is 33.1 Å². The Balaban J connectivity index is 1.18. The summed E-state index contributed by atoms with van der Waals surface area (Å²) in [6.45, 7) is 15.7. The van der Waals surface area contributed by atoms with Crippen molar-refractivity contribution in [3.05, 3.63) is 47.1 Å². The predicted octanol–water partition coefficient (Wildman–Crippen LogP) is 3.53. The molecule has 0 aromatic carbocycles. The summed E-state index contributed by atoms with van der Waals surface area (Å²) in [5.74, 6) is -2.30. The number of methoxy groups -OCH3 is 1. The van der Waals surface area contributed by atoms with E-state index in [0.717, 1.165) is 12.0 Å². The second-order valence-electron chi connectivity index (χ2n) is 19.1. The van der Waals surface area contributed by atoms with E-state index in [4.69, 9.17) is 42.6 Å². The molecule has 1 spiro atoms. The maximum atomic E-state index is 14.3. The zero-order valence-electron chi connectivity index (χ0n) is 37.1. The Morgan fingerprint density at radius 3 is 2.38 bits per heavy atom. The Hall–Kier alpha value is -2.09. The molecule has 7 rings (SSSR count). The minimum absolute atomic E-state index is 0.0165. The van der Waals surface area contributed by atoms with E-state index in [0.29, 0.717) is 42.7 Å². The number of aliphatic hydroxyl groups excluding tert-OH is 4. The van der Waals surface area contributed by atoms with Crippen LogP contribution >= 0.6 is 0 Å². The highest BCUT2D eigenvalue weighted by Gasteiger charge is 2.60. The quantitative estimate of drug-likeness (QED) is 0.192. The van der Waals surface area contributed by atoms with Gasteiger partial charge in [-0.3, -0.25) is 4.79 Å². The number of hydrogen-bond acceptors (Lipinski definition) is 15. The highest BCUT2D eigenvalue weighted by atomic mass is 16.7. The van der Waals surface area contributed by atoms with Crippen LogP contribution in [-0.4, -0.2) is 149 Å². The van der Waals surface area contributed by atoms with Crippen molar-refractivity contribution in [3.8, 4) is 0 Å². The third-order valence-electron chi connectivity index (χ3n) is 14.2. The highest BCUT2D eigenvalue weighted by molar-refractivity contribution is 5.78. The van der Waals surface area contributed by atoms with Crippen LogP contribution in [0.3, 0.4) is 0 Å². The van der Waals surface area contributed by atoms with Crippen LogP contribution in [0.2, 0.25) is 0 Å². The number of allylic oxidation sites excluding steroid dienone is 2. The van der Waals surface area contributed by atoms with Crippen LogP contribution < -0.4 is 0 Å². The van der Waals surface area contributed by atoms with Crippen molar-refractivity contribution in [1.29, 1.82) is 0 Å². The van der Waals surface area contributed by atoms with Gasteiger partial charge in [0.05, 0.1) is 43.2 Å². The molecule has 2 bridgehead atoms. The average molecular weight is 863 g/mol. The first kappa shape index (κ1) is 46.9. The third kappa shape index (κ3) is 9.38. The zero-order chi connectivity index (χ0) is 44.1. The number of carbonyl (C=O) groups is 1. The van der Waals surface area contributed by atoms with Crippen molar-refractivity contribution in [1.82, 2.24) is 0 Å². The normalized spacial score (nSPS) is 50.8. The van der Waals surface area contributed by atoms with E-state index in [9.17, 15) is 30.3 Å². The van der Waals surface area contributed by atoms with Gasteiger partial charge in [-0.1, -0.05) is 58.1 Å². The zero-order valence-corrected chi connectivity index (χ0v) is 37.1. The number of hydrogen-bond donors (Lipinski definition) is 5. The summed E-state index contributed by atoms with van der Waals surface area (Å²) in [5.41, 5.74) is 0.0661. The average Bonchev–Trinajstić information content (AvgIpc) is 3.56. The molecule has 0 aromatic heterocycles. The summed E-state index contributed by atoms with van der Waals surface area (Å²) in [4.78, 5) is 14.3. The SMILES string of the molecule is CO[C@H]1C[C@H](O[C@@H]2/C(C)=C/C[C@@H]3C[C@@H](C[C@]4(CC[C@H](C)[C@@H](C(C)C)O4)O3)OC(=O)[C@@H]3C=C(C)[C@@H](O)[C@H]4OC/C(=C\C=C\[C@@H]2C)[C@]43O)O[C@@H](C)[C@@H]1O[C@@H]1O[C@H](C)[C@@H](O)[C@H](O)[C@H]1O. The molecule has 344 valence electrons. The molecule has 15 nitrogen and oxygen atoms in total. The third-order valence-corrected chi connectivity index (χ3v) is 14.2. The number of fused-ring (bicyclic) bond motifs is 2. The lowest BCUT2D eigenvalue weighted by atomic mass is 9.71. The fourth-order valence-corrected chi connectivity index (χ4v) is 10.6. The largest absolute Gasteiger partial charge is 0.462 e. The lowest BCUT2D eigenvalue weighted by Gasteiger charge is -2.50. The summed E-state index contributed by atoms with van der Waals surface area (Å²) in [5, 5.41) is 54.9. The molecule has 0 amide bonds. The lowest BCUT2D eigenvalue weighted by molar-refractivity contribution is -0.340. The monoisotopic (exact) mass is 862 g/mol. The Morgan fingerprint density at radius 1 is 0.902 bits per heavy atom. The number of rotatable bonds is 6. The first-order valence-corrected chi connectivity index (χ1v) is 22.4. The predicted molar refractivity (Wildman–Crippen MR) is 219 cm³/mol. The molecule has 1 aliphatic carbocycles. The smallest absolute Gasteiger partial charge is 0.316 e. The first-order chi connectivity index (χ1) is 28.8. The van der Waals surface area contributed by atoms with Gasteiger partial charge in [0.15, 0.2) is 18.4 Å². The molecule has 5 N–H and O–H groups in total. The number of esters is 1. The van der Waals surface area contributed by atoms with Crippen LogP contribution in [0.4, 0.5) is 0 Å². The molecular formula is C46H70O15. The topological polar surface area (TPSA) is 201 Å². The molecular weight excluding hydrogens is 792 g/mol. The Kier molecular flexibility index (Phi) is 14.4. The summed E-state index contributed by atoms with van der Waals surface area (Å²) in [7, 11) is 1.56. The minimum atomic E-state index is -1.84. The van der Waals surface area contributed by atoms with Gasteiger partial charge >= 0.3 is 5.97 Å². The van der Waals surface area contributed by atoms with Gasteiger partial charge in [-0.25, -0.2) is 0 Å². The molecule has 0 unspecified atom stereocenters. The van der Waals surface area contributed by atoms with E-state index in [2.05, 4.69) is 26.8 Å². The van der Waals surface area contributed by atoms with Crippen molar-refractivity contribution >= 4 is 5.97 Å². The first-order valence-electron chi connectivity index (χ1n) is 22.4. The van der Waals surface area contributed by atoms with Crippen molar-refractivity contribution < 1.29 is 73.0 Å². The molecule has 61 heavy (non-hydrogen) atoms. The van der Waals surface area contributed by atoms with Crippen molar-refractivity contribution in [2.24, 2.45) is 23.7 Å². The van der Waals surface area contributed by atoms with Crippen LogP contribution in [-0.2, 0) is 47.4 Å². The van der Waals surface area contributed by atoms with Crippen LogP contribution in [0, 0.1) is 23.7 Å². The molecule has 6 aliphatic heterocycles. The molecule has 20 atom stereocenters. The molecule has 6 heterocycles. The van der Waals surface area contributed by atoms with Gasteiger partial charge < -0.3 is 68.2 Å². The molecule has 0 saturated carbocycles. The van der Waals surface area contributed by atoms with Crippen LogP contribution in [0.15, 0.2) is 47.1 Å². The maximum absolute atomic E-state index is 14.3. The molecule has 7 aliphatic rings. The Morgan fingerprint density at radius 2 is 1.66 bits per heavy atom. The molecule has 5 saturated heterocycles. The van der Waals surface area contributed by atoms with Crippen LogP contribution in [0.5, 0.6) is 0 Å². The number of carbonyl (C=O) groups excluding carboxylic acids is 1. The van der Waals surface area contributed by atoms with Gasteiger partial charge in [0, 0.05) is 38.7 Å². The van der Waals surface area contributed by atoms with Gasteiger partial charge in [0.1, 0.15) is 54.2 Å². The maximum Gasteiger partial charge on any atom is 0.316 e. The van der Waals surface area contributed by atoms with E-state index in [-0.39, 0.29) is 37.1 Å². The summed E-state index contributed by atoms with van der Waals surface area (Å²) < 4.78 is 57.3. The summed E-state index contributed by atoms with van der Waals surface area (Å²) >= 11 is 0. The van der Waals surface area contributed by atoms with E-state index in [1.807, 2.05) is 32.9 Å². The summed E-state index contributed by atoms with van der Waals surface area (Å²) in [6.07, 6.45) is -0.0197. The number of aliphatic hydroxyl groups is 5. The minimum Gasteiger partial charge on any atom is -0.462 e. The summed E-state index contributed by atoms with van der Waals surface area (Å²) in [6, 6.07) is 0. The lowest BCUT2D eigenvalue weighted by Crippen LogP contribution is -2.60. The van der Waals surface area contributed by atoms with Crippen molar-refractivity contribution in [2.45, 2.75) is 197 Å². The molecule has 0 aromatic rings. The van der Waals surface area contributed by atoms with Gasteiger partial charge in [-0.15, -0.1) is 0 Å². The van der Waals surface area contributed by atoms with Gasteiger partial charge in [0.25, 0.3) is 0 Å². The van der Waals surface area contributed by atoms with Crippen LogP contribution in [0.25, 0.3) is 0 Å². The molecule has 15 heteroatoms. The second-order valence-corrected chi connectivity index (χ2v) is 19.1. The Labute approximate surface area is 360 Å². The van der Waals surface area contributed by atoms with Gasteiger partial charge in [0.2, 0.25) is 0 Å². The van der Waals surface area contributed by atoms with Crippen molar-refractivity contribution in [2.75, 3.05) is 13.7 Å². The van der Waals surface area contributed by atoms with Gasteiger partial charge in [-0.05, 0) is 69.1 Å². The van der Waals surface area contributed by atoms with Crippen LogP contribution in [0.1, 0.15) is 93.9 Å². The fourth-order valence-electron chi connectivity index (χ4n) is 10.6.